The van der Waals surface area contributed by atoms with Gasteiger partial charge in [0.2, 0.25) is 0 Å². The Kier molecular flexibility index (Phi) is 5.20. The third-order valence-corrected chi connectivity index (χ3v) is 3.63. The quantitative estimate of drug-likeness (QED) is 0.767. The van der Waals surface area contributed by atoms with Gasteiger partial charge in [0, 0.05) is 16.2 Å². The number of nitrogens with one attached hydrogen (secondary N) is 1. The molecule has 1 N–H and O–H groups in total. The van der Waals surface area contributed by atoms with Crippen molar-refractivity contribution in [1.29, 1.82) is 0 Å². The minimum Gasteiger partial charge on any atom is -0.317 e. The zero-order valence-electron chi connectivity index (χ0n) is 10.1. The van der Waals surface area contributed by atoms with Crippen LogP contribution >= 0.6 is 11.8 Å². The Morgan fingerprint density at radius 2 is 2.07 bits per heavy atom. The number of benzene rings is 1. The van der Waals surface area contributed by atoms with E-state index in [9.17, 15) is 0 Å². The van der Waals surface area contributed by atoms with Crippen LogP contribution in [0.2, 0.25) is 0 Å². The fraction of sp³-hybridized carbons (Fsp3) is 0.538. The molecule has 1 nitrogen and oxygen atoms in total. The maximum absolute atomic E-state index is 3.28. The fourth-order valence-corrected chi connectivity index (χ4v) is 2.85. The van der Waals surface area contributed by atoms with Crippen LogP contribution in [0.1, 0.15) is 25.8 Å². The molecule has 0 heterocycles. The molecule has 2 atom stereocenters. The molecule has 1 aromatic carbocycles. The van der Waals surface area contributed by atoms with E-state index in [2.05, 4.69) is 50.4 Å². The molecule has 0 saturated carbocycles. The van der Waals surface area contributed by atoms with Crippen LogP contribution in [0.15, 0.2) is 29.2 Å². The minimum absolute atomic E-state index is 0.595. The topological polar surface area (TPSA) is 12.0 Å². The van der Waals surface area contributed by atoms with Gasteiger partial charge in [-0.25, -0.2) is 0 Å². The average Bonchev–Trinajstić information content (AvgIpc) is 2.17. The molecule has 0 aliphatic heterocycles. The van der Waals surface area contributed by atoms with Gasteiger partial charge in [0.25, 0.3) is 0 Å². The van der Waals surface area contributed by atoms with E-state index < -0.39 is 0 Å². The summed E-state index contributed by atoms with van der Waals surface area (Å²) in [4.78, 5) is 1.38. The van der Waals surface area contributed by atoms with E-state index in [0.29, 0.717) is 11.3 Å². The van der Waals surface area contributed by atoms with Gasteiger partial charge in [-0.2, -0.15) is 0 Å². The van der Waals surface area contributed by atoms with E-state index in [4.69, 9.17) is 0 Å². The lowest BCUT2D eigenvalue weighted by Gasteiger charge is -2.16. The van der Waals surface area contributed by atoms with Gasteiger partial charge in [0.05, 0.1) is 0 Å². The summed E-state index contributed by atoms with van der Waals surface area (Å²) in [6.07, 6.45) is 1.20. The SMILES string of the molecule is CNC(C)CC(C)Sc1cccc(C)c1. The van der Waals surface area contributed by atoms with E-state index in [1.807, 2.05) is 18.8 Å². The molecule has 2 heteroatoms. The number of rotatable bonds is 5. The van der Waals surface area contributed by atoms with Gasteiger partial charge in [-0.15, -0.1) is 11.8 Å². The number of hydrogen-bond acceptors (Lipinski definition) is 2. The molecular formula is C13H21NS. The molecule has 84 valence electrons. The summed E-state index contributed by atoms with van der Waals surface area (Å²) < 4.78 is 0. The Bertz CT molecular complexity index is 298. The van der Waals surface area contributed by atoms with Crippen LogP contribution < -0.4 is 5.32 Å². The van der Waals surface area contributed by atoms with Crippen molar-refractivity contribution >= 4 is 11.8 Å². The highest BCUT2D eigenvalue weighted by molar-refractivity contribution is 7.99. The predicted molar refractivity (Wildman–Crippen MR) is 69.6 cm³/mol. The van der Waals surface area contributed by atoms with Crippen LogP contribution in [0.5, 0.6) is 0 Å². The molecule has 0 aliphatic carbocycles. The first kappa shape index (κ1) is 12.6. The molecule has 1 rings (SSSR count). The van der Waals surface area contributed by atoms with Crippen LogP contribution in [0.25, 0.3) is 0 Å². The van der Waals surface area contributed by atoms with Crippen molar-refractivity contribution < 1.29 is 0 Å². The van der Waals surface area contributed by atoms with Crippen LogP contribution in [0, 0.1) is 6.92 Å². The van der Waals surface area contributed by atoms with Gasteiger partial charge in [-0.3, -0.25) is 0 Å². The third kappa shape index (κ3) is 4.72. The van der Waals surface area contributed by atoms with Crippen molar-refractivity contribution in [3.8, 4) is 0 Å². The van der Waals surface area contributed by atoms with E-state index in [1.54, 1.807) is 0 Å². The number of thioether (sulfide) groups is 1. The average molecular weight is 223 g/mol. The lowest BCUT2D eigenvalue weighted by molar-refractivity contribution is 0.564. The summed E-state index contributed by atoms with van der Waals surface area (Å²) >= 11 is 1.96. The molecule has 0 bridgehead atoms. The molecule has 0 spiro atoms. The number of hydrogen-bond donors (Lipinski definition) is 1. The second-order valence-corrected chi connectivity index (χ2v) is 5.68. The van der Waals surface area contributed by atoms with Crippen molar-refractivity contribution in [2.75, 3.05) is 7.05 Å². The van der Waals surface area contributed by atoms with E-state index in [1.165, 1.54) is 16.9 Å². The van der Waals surface area contributed by atoms with Gasteiger partial charge in [-0.1, -0.05) is 24.6 Å². The predicted octanol–water partition coefficient (Wildman–Crippen LogP) is 3.47. The molecule has 1 aromatic rings. The Balaban J connectivity index is 2.47. The fourth-order valence-electron chi connectivity index (χ4n) is 1.58. The van der Waals surface area contributed by atoms with Gasteiger partial charge in [-0.05, 0) is 39.4 Å². The van der Waals surface area contributed by atoms with Crippen molar-refractivity contribution in [3.05, 3.63) is 29.8 Å². The highest BCUT2D eigenvalue weighted by atomic mass is 32.2. The van der Waals surface area contributed by atoms with Gasteiger partial charge in [0.1, 0.15) is 0 Å². The van der Waals surface area contributed by atoms with Crippen molar-refractivity contribution in [2.24, 2.45) is 0 Å². The maximum Gasteiger partial charge on any atom is 0.00807 e. The van der Waals surface area contributed by atoms with E-state index in [0.717, 1.165) is 0 Å². The van der Waals surface area contributed by atoms with Crippen molar-refractivity contribution in [2.45, 2.75) is 43.4 Å². The van der Waals surface area contributed by atoms with Gasteiger partial charge >= 0.3 is 0 Å². The highest BCUT2D eigenvalue weighted by Gasteiger charge is 2.08. The van der Waals surface area contributed by atoms with Gasteiger partial charge < -0.3 is 5.32 Å². The molecule has 0 fully saturated rings. The largest absolute Gasteiger partial charge is 0.317 e. The second-order valence-electron chi connectivity index (χ2n) is 4.17. The zero-order chi connectivity index (χ0) is 11.3. The monoisotopic (exact) mass is 223 g/mol. The Morgan fingerprint density at radius 1 is 1.33 bits per heavy atom. The summed E-state index contributed by atoms with van der Waals surface area (Å²) in [6, 6.07) is 9.32. The van der Waals surface area contributed by atoms with E-state index in [-0.39, 0.29) is 0 Å². The Labute approximate surface area is 97.7 Å². The van der Waals surface area contributed by atoms with Crippen LogP contribution in [0.4, 0.5) is 0 Å². The standard InChI is InChI=1S/C13H21NS/c1-10-6-5-7-13(8-10)15-12(3)9-11(2)14-4/h5-8,11-12,14H,9H2,1-4H3. The van der Waals surface area contributed by atoms with Crippen molar-refractivity contribution in [3.63, 3.8) is 0 Å². The minimum atomic E-state index is 0.595. The molecule has 0 aliphatic rings. The summed E-state index contributed by atoms with van der Waals surface area (Å²) in [7, 11) is 2.02. The first-order chi connectivity index (χ1) is 7.11. The summed E-state index contributed by atoms with van der Waals surface area (Å²) in [5.74, 6) is 0. The molecule has 15 heavy (non-hydrogen) atoms. The Hall–Kier alpha value is -0.470. The highest BCUT2D eigenvalue weighted by Crippen LogP contribution is 2.26. The molecule has 2 unspecified atom stereocenters. The normalized spacial score (nSPS) is 14.9. The molecule has 0 aromatic heterocycles. The van der Waals surface area contributed by atoms with Crippen LogP contribution in [-0.4, -0.2) is 18.3 Å². The summed E-state index contributed by atoms with van der Waals surface area (Å²) in [5, 5.41) is 3.94. The molecule has 0 amide bonds. The van der Waals surface area contributed by atoms with Crippen LogP contribution in [0.3, 0.4) is 0 Å². The molecule has 0 saturated heterocycles. The van der Waals surface area contributed by atoms with E-state index >= 15 is 0 Å². The van der Waals surface area contributed by atoms with Gasteiger partial charge in [0.15, 0.2) is 0 Å². The second kappa shape index (κ2) is 6.19. The third-order valence-electron chi connectivity index (χ3n) is 2.51. The first-order valence-corrected chi connectivity index (χ1v) is 6.40. The lowest BCUT2D eigenvalue weighted by Crippen LogP contribution is -2.24. The Morgan fingerprint density at radius 3 is 2.67 bits per heavy atom. The first-order valence-electron chi connectivity index (χ1n) is 5.52. The number of aryl methyl sites for hydroxylation is 1. The molecule has 0 radical (unpaired) electrons. The van der Waals surface area contributed by atoms with Crippen LogP contribution in [-0.2, 0) is 0 Å². The maximum atomic E-state index is 3.28. The summed E-state index contributed by atoms with van der Waals surface area (Å²) in [6.45, 7) is 6.67. The zero-order valence-corrected chi connectivity index (χ0v) is 10.9. The van der Waals surface area contributed by atoms with Crippen molar-refractivity contribution in [1.82, 2.24) is 5.32 Å². The molecular weight excluding hydrogens is 202 g/mol. The lowest BCUT2D eigenvalue weighted by atomic mass is 10.2. The smallest absolute Gasteiger partial charge is 0.00807 e. The summed E-state index contributed by atoms with van der Waals surface area (Å²) in [5.41, 5.74) is 1.34.